The lowest BCUT2D eigenvalue weighted by Crippen LogP contribution is -2.12. The molecule has 7 heteroatoms. The van der Waals surface area contributed by atoms with Crippen LogP contribution in [0.3, 0.4) is 0 Å². The molecular weight excluding hydrogens is 312 g/mol. The Morgan fingerprint density at radius 3 is 2.80 bits per heavy atom. The normalized spacial score (nSPS) is 21.2. The Morgan fingerprint density at radius 2 is 2.15 bits per heavy atom. The van der Waals surface area contributed by atoms with Gasteiger partial charge in [0, 0.05) is 18.0 Å². The first-order valence-electron chi connectivity index (χ1n) is 5.83. The van der Waals surface area contributed by atoms with E-state index in [0.717, 1.165) is 25.7 Å². The molecule has 1 aromatic rings. The standard InChI is InChI=1S/C13H12N2O2S3/c1-15-8-6-7(17-2)4-5-9(8)19-12(15)10-11(16)14-13(18-3)20-10/h4-6H,1-3H3. The Kier molecular flexibility index (Phi) is 3.74. The van der Waals surface area contributed by atoms with E-state index in [9.17, 15) is 4.79 Å². The van der Waals surface area contributed by atoms with Gasteiger partial charge in [0.1, 0.15) is 15.0 Å². The number of fused-ring (bicyclic) bond motifs is 1. The van der Waals surface area contributed by atoms with Crippen molar-refractivity contribution >= 4 is 51.3 Å². The molecule has 0 atom stereocenters. The van der Waals surface area contributed by atoms with E-state index in [1.165, 1.54) is 23.5 Å². The minimum absolute atomic E-state index is 0.145. The summed E-state index contributed by atoms with van der Waals surface area (Å²) < 4.78 is 6.06. The molecule has 0 unspecified atom stereocenters. The summed E-state index contributed by atoms with van der Waals surface area (Å²) in [6.07, 6.45) is 1.93. The lowest BCUT2D eigenvalue weighted by molar-refractivity contribution is -0.113. The van der Waals surface area contributed by atoms with E-state index in [1.807, 2.05) is 36.4 Å². The molecule has 2 aliphatic heterocycles. The Hall–Kier alpha value is -1.05. The fraction of sp³-hybridized carbons (Fsp3) is 0.231. The predicted molar refractivity (Wildman–Crippen MR) is 87.8 cm³/mol. The molecule has 0 saturated carbocycles. The third kappa shape index (κ3) is 2.23. The van der Waals surface area contributed by atoms with E-state index in [4.69, 9.17) is 4.74 Å². The molecule has 0 radical (unpaired) electrons. The molecule has 104 valence electrons. The summed E-state index contributed by atoms with van der Waals surface area (Å²) in [6, 6.07) is 5.93. The van der Waals surface area contributed by atoms with Crippen molar-refractivity contribution in [2.45, 2.75) is 4.90 Å². The van der Waals surface area contributed by atoms with E-state index >= 15 is 0 Å². The van der Waals surface area contributed by atoms with Gasteiger partial charge in [-0.1, -0.05) is 23.5 Å². The molecule has 0 bridgehead atoms. The lowest BCUT2D eigenvalue weighted by Gasteiger charge is -2.15. The van der Waals surface area contributed by atoms with Crippen LogP contribution in [-0.4, -0.2) is 30.7 Å². The molecule has 2 heterocycles. The molecule has 0 saturated heterocycles. The SMILES string of the molecule is COc1ccc2c(c1)N(C)C(=C1SC(SC)=NC1=O)S2. The number of anilines is 1. The average Bonchev–Trinajstić information content (AvgIpc) is 2.99. The number of ether oxygens (including phenoxy) is 1. The maximum atomic E-state index is 12.0. The van der Waals surface area contributed by atoms with E-state index in [0.29, 0.717) is 4.91 Å². The highest BCUT2D eigenvalue weighted by atomic mass is 32.2. The van der Waals surface area contributed by atoms with Crippen molar-refractivity contribution in [2.75, 3.05) is 25.3 Å². The maximum Gasteiger partial charge on any atom is 0.288 e. The van der Waals surface area contributed by atoms with Crippen LogP contribution in [0.4, 0.5) is 5.69 Å². The van der Waals surface area contributed by atoms with Crippen molar-refractivity contribution in [1.29, 1.82) is 0 Å². The van der Waals surface area contributed by atoms with Crippen LogP contribution >= 0.6 is 35.3 Å². The monoisotopic (exact) mass is 324 g/mol. The average molecular weight is 324 g/mol. The fourth-order valence-corrected chi connectivity index (χ4v) is 4.69. The Morgan fingerprint density at radius 1 is 1.35 bits per heavy atom. The Bertz CT molecular complexity index is 655. The highest BCUT2D eigenvalue weighted by Gasteiger charge is 2.32. The molecule has 2 aliphatic rings. The maximum absolute atomic E-state index is 12.0. The van der Waals surface area contributed by atoms with Gasteiger partial charge < -0.3 is 9.64 Å². The van der Waals surface area contributed by atoms with Gasteiger partial charge in [-0.3, -0.25) is 4.79 Å². The van der Waals surface area contributed by atoms with Crippen molar-refractivity contribution < 1.29 is 9.53 Å². The molecule has 20 heavy (non-hydrogen) atoms. The second-order valence-corrected chi connectivity index (χ2v) is 7.20. The van der Waals surface area contributed by atoms with Crippen LogP contribution in [0.25, 0.3) is 0 Å². The largest absolute Gasteiger partial charge is 0.497 e. The molecule has 0 aliphatic carbocycles. The van der Waals surface area contributed by atoms with Crippen molar-refractivity contribution in [3.8, 4) is 5.75 Å². The van der Waals surface area contributed by atoms with Gasteiger partial charge in [-0.25, -0.2) is 0 Å². The molecule has 0 N–H and O–H groups in total. The van der Waals surface area contributed by atoms with Crippen LogP contribution < -0.4 is 9.64 Å². The van der Waals surface area contributed by atoms with E-state index in [-0.39, 0.29) is 5.91 Å². The first kappa shape index (κ1) is 13.9. The number of carbonyl (C=O) groups excluding carboxylic acids is 1. The van der Waals surface area contributed by atoms with Gasteiger partial charge in [0.05, 0.1) is 17.8 Å². The fourth-order valence-electron chi connectivity index (χ4n) is 1.96. The van der Waals surface area contributed by atoms with Gasteiger partial charge in [-0.2, -0.15) is 4.99 Å². The number of nitrogens with zero attached hydrogens (tertiary/aromatic N) is 2. The third-order valence-electron chi connectivity index (χ3n) is 2.98. The minimum Gasteiger partial charge on any atom is -0.497 e. The summed E-state index contributed by atoms with van der Waals surface area (Å²) in [5.74, 6) is 0.669. The van der Waals surface area contributed by atoms with Crippen LogP contribution in [0.5, 0.6) is 5.75 Å². The van der Waals surface area contributed by atoms with Crippen LogP contribution in [-0.2, 0) is 4.79 Å². The predicted octanol–water partition coefficient (Wildman–Crippen LogP) is 3.40. The number of hydrogen-bond acceptors (Lipinski definition) is 6. The number of aliphatic imine (C=N–C) groups is 1. The zero-order valence-corrected chi connectivity index (χ0v) is 13.6. The summed E-state index contributed by atoms with van der Waals surface area (Å²) in [5.41, 5.74) is 1.06. The first-order valence-corrected chi connectivity index (χ1v) is 8.68. The van der Waals surface area contributed by atoms with Gasteiger partial charge in [0.2, 0.25) is 0 Å². The van der Waals surface area contributed by atoms with Crippen molar-refractivity contribution in [1.82, 2.24) is 0 Å². The van der Waals surface area contributed by atoms with Crippen molar-refractivity contribution in [3.63, 3.8) is 0 Å². The van der Waals surface area contributed by atoms with E-state index in [1.54, 1.807) is 18.9 Å². The van der Waals surface area contributed by atoms with Gasteiger partial charge in [0.25, 0.3) is 5.91 Å². The quantitative estimate of drug-likeness (QED) is 0.738. The summed E-state index contributed by atoms with van der Waals surface area (Å²) in [6.45, 7) is 0. The number of carbonyl (C=O) groups is 1. The highest BCUT2D eigenvalue weighted by Crippen LogP contribution is 2.50. The van der Waals surface area contributed by atoms with Gasteiger partial charge in [-0.05, 0) is 18.4 Å². The van der Waals surface area contributed by atoms with Crippen LogP contribution in [0.2, 0.25) is 0 Å². The smallest absolute Gasteiger partial charge is 0.288 e. The molecule has 4 nitrogen and oxygen atoms in total. The number of hydrogen-bond donors (Lipinski definition) is 0. The summed E-state index contributed by atoms with van der Waals surface area (Å²) in [5, 5.41) is 0.941. The highest BCUT2D eigenvalue weighted by molar-refractivity contribution is 8.41. The molecule has 0 fully saturated rings. The van der Waals surface area contributed by atoms with E-state index < -0.39 is 0 Å². The summed E-state index contributed by atoms with van der Waals surface area (Å²) >= 11 is 4.55. The number of amides is 1. The number of benzene rings is 1. The number of thioether (sulfide) groups is 3. The zero-order chi connectivity index (χ0) is 14.3. The second kappa shape index (κ2) is 5.38. The minimum atomic E-state index is -0.145. The molecule has 1 amide bonds. The molecule has 0 spiro atoms. The van der Waals surface area contributed by atoms with Gasteiger partial charge in [-0.15, -0.1) is 11.8 Å². The molecule has 0 aromatic heterocycles. The topological polar surface area (TPSA) is 41.9 Å². The Labute approximate surface area is 130 Å². The van der Waals surface area contributed by atoms with E-state index in [2.05, 4.69) is 4.99 Å². The summed E-state index contributed by atoms with van der Waals surface area (Å²) in [7, 11) is 3.61. The number of methoxy groups -OCH3 is 1. The first-order chi connectivity index (χ1) is 9.63. The van der Waals surface area contributed by atoms with Crippen LogP contribution in [0, 0.1) is 0 Å². The lowest BCUT2D eigenvalue weighted by atomic mass is 10.3. The third-order valence-corrected chi connectivity index (χ3v) is 6.38. The van der Waals surface area contributed by atoms with Gasteiger partial charge in [0.15, 0.2) is 0 Å². The molecule has 1 aromatic carbocycles. The second-order valence-electron chi connectivity index (χ2n) is 4.12. The van der Waals surface area contributed by atoms with Crippen LogP contribution in [0.1, 0.15) is 0 Å². The molecule has 3 rings (SSSR count). The van der Waals surface area contributed by atoms with Gasteiger partial charge >= 0.3 is 0 Å². The molecular formula is C13H12N2O2S3. The number of rotatable bonds is 1. The zero-order valence-electron chi connectivity index (χ0n) is 11.2. The Balaban J connectivity index is 1.98. The van der Waals surface area contributed by atoms with Crippen molar-refractivity contribution in [3.05, 3.63) is 28.1 Å². The van der Waals surface area contributed by atoms with Crippen molar-refractivity contribution in [2.24, 2.45) is 4.99 Å². The summed E-state index contributed by atoms with van der Waals surface area (Å²) in [4.78, 5) is 19.9. The van der Waals surface area contributed by atoms with Crippen LogP contribution in [0.15, 0.2) is 38.0 Å².